The maximum atomic E-state index is 12.0. The molecule has 0 aromatic heterocycles. The third kappa shape index (κ3) is 6.03. The number of benzene rings is 1. The Kier molecular flexibility index (Phi) is 8.55. The molecule has 22 heavy (non-hydrogen) atoms. The van der Waals surface area contributed by atoms with Crippen LogP contribution in [0.5, 0.6) is 0 Å². The second-order valence-corrected chi connectivity index (χ2v) is 5.10. The number of methoxy groups -OCH3 is 1. The zero-order valence-corrected chi connectivity index (χ0v) is 14.0. The molecule has 0 aliphatic rings. The van der Waals surface area contributed by atoms with E-state index < -0.39 is 6.04 Å². The van der Waals surface area contributed by atoms with Gasteiger partial charge in [-0.25, -0.2) is 4.79 Å². The summed E-state index contributed by atoms with van der Waals surface area (Å²) in [5, 5.41) is 3.26. The molecule has 1 N–H and O–H groups in total. The predicted molar refractivity (Wildman–Crippen MR) is 87.3 cm³/mol. The average molecular weight is 309 g/mol. The Labute approximate surface area is 132 Å². The first-order valence-corrected chi connectivity index (χ1v) is 7.68. The number of anilines is 1. The number of carbonyl (C=O) groups is 1. The first-order chi connectivity index (χ1) is 10.6. The minimum absolute atomic E-state index is 0.253. The number of hydrogen-bond acceptors (Lipinski definition) is 5. The summed E-state index contributed by atoms with van der Waals surface area (Å²) in [6.45, 7) is 7.61. The third-order valence-corrected chi connectivity index (χ3v) is 3.36. The number of nitrogens with one attached hydrogen (secondary N) is 1. The quantitative estimate of drug-likeness (QED) is 0.532. The van der Waals surface area contributed by atoms with Gasteiger partial charge >= 0.3 is 5.97 Å². The molecule has 0 bridgehead atoms. The Morgan fingerprint density at radius 2 is 1.95 bits per heavy atom. The lowest BCUT2D eigenvalue weighted by molar-refractivity contribution is -0.145. The summed E-state index contributed by atoms with van der Waals surface area (Å²) in [4.78, 5) is 12.0. The van der Waals surface area contributed by atoms with Gasteiger partial charge in [-0.3, -0.25) is 0 Å². The normalized spacial score (nSPS) is 12.0. The maximum absolute atomic E-state index is 12.0. The fourth-order valence-electron chi connectivity index (χ4n) is 2.08. The van der Waals surface area contributed by atoms with Crippen LogP contribution in [0.2, 0.25) is 0 Å². The SMILES string of the molecule is CCc1cccc(C)c1N[C@@H](C)C(=O)OCCOCCOC. The number of aryl methyl sites for hydroxylation is 2. The van der Waals surface area contributed by atoms with Crippen LogP contribution in [0.1, 0.15) is 25.0 Å². The summed E-state index contributed by atoms with van der Waals surface area (Å²) in [5.74, 6) is -0.277. The van der Waals surface area contributed by atoms with Gasteiger partial charge in [0.1, 0.15) is 12.6 Å². The molecule has 0 aliphatic carbocycles. The molecule has 124 valence electrons. The van der Waals surface area contributed by atoms with Crippen molar-refractivity contribution in [3.05, 3.63) is 29.3 Å². The van der Waals surface area contributed by atoms with Crippen LogP contribution in [-0.4, -0.2) is 45.5 Å². The number of carbonyl (C=O) groups excluding carboxylic acids is 1. The molecule has 0 unspecified atom stereocenters. The van der Waals surface area contributed by atoms with Crippen molar-refractivity contribution in [3.8, 4) is 0 Å². The highest BCUT2D eigenvalue weighted by atomic mass is 16.6. The molecule has 5 nitrogen and oxygen atoms in total. The molecule has 0 heterocycles. The summed E-state index contributed by atoms with van der Waals surface area (Å²) in [7, 11) is 1.62. The molecule has 1 rings (SSSR count). The van der Waals surface area contributed by atoms with Gasteiger partial charge in [0.15, 0.2) is 0 Å². The molecule has 0 amide bonds. The van der Waals surface area contributed by atoms with E-state index in [9.17, 15) is 4.79 Å². The molecule has 0 aliphatic heterocycles. The molecule has 5 heteroatoms. The minimum Gasteiger partial charge on any atom is -0.462 e. The van der Waals surface area contributed by atoms with Crippen molar-refractivity contribution in [2.24, 2.45) is 0 Å². The van der Waals surface area contributed by atoms with E-state index in [-0.39, 0.29) is 12.6 Å². The Balaban J connectivity index is 2.41. The summed E-state index contributed by atoms with van der Waals surface area (Å²) >= 11 is 0. The molecule has 1 aromatic carbocycles. The van der Waals surface area contributed by atoms with Gasteiger partial charge in [0.25, 0.3) is 0 Å². The van der Waals surface area contributed by atoms with E-state index in [4.69, 9.17) is 14.2 Å². The second kappa shape index (κ2) is 10.2. The van der Waals surface area contributed by atoms with Crippen molar-refractivity contribution in [3.63, 3.8) is 0 Å². The van der Waals surface area contributed by atoms with Crippen LogP contribution in [-0.2, 0) is 25.4 Å². The lowest BCUT2D eigenvalue weighted by atomic mass is 10.1. The summed E-state index contributed by atoms with van der Waals surface area (Å²) < 4.78 is 15.3. The van der Waals surface area contributed by atoms with E-state index in [0.717, 1.165) is 17.7 Å². The van der Waals surface area contributed by atoms with Gasteiger partial charge in [0, 0.05) is 12.8 Å². The summed E-state index contributed by atoms with van der Waals surface area (Å²) in [5.41, 5.74) is 3.34. The fraction of sp³-hybridized carbons (Fsp3) is 0.588. The fourth-order valence-corrected chi connectivity index (χ4v) is 2.08. The van der Waals surface area contributed by atoms with Crippen molar-refractivity contribution in [1.29, 1.82) is 0 Å². The Bertz CT molecular complexity index is 462. The number of para-hydroxylation sites is 1. The zero-order chi connectivity index (χ0) is 16.4. The van der Waals surface area contributed by atoms with Crippen molar-refractivity contribution in [2.75, 3.05) is 38.9 Å². The van der Waals surface area contributed by atoms with E-state index in [1.54, 1.807) is 14.0 Å². The Morgan fingerprint density at radius 3 is 2.64 bits per heavy atom. The largest absolute Gasteiger partial charge is 0.462 e. The van der Waals surface area contributed by atoms with Gasteiger partial charge in [-0.15, -0.1) is 0 Å². The first-order valence-electron chi connectivity index (χ1n) is 7.68. The van der Waals surface area contributed by atoms with Crippen molar-refractivity contribution >= 4 is 11.7 Å². The van der Waals surface area contributed by atoms with Crippen molar-refractivity contribution < 1.29 is 19.0 Å². The van der Waals surface area contributed by atoms with Crippen LogP contribution in [0.15, 0.2) is 18.2 Å². The lowest BCUT2D eigenvalue weighted by Crippen LogP contribution is -2.30. The van der Waals surface area contributed by atoms with Gasteiger partial charge in [0.2, 0.25) is 0 Å². The Hall–Kier alpha value is -1.59. The average Bonchev–Trinajstić information content (AvgIpc) is 2.52. The molecule has 0 fully saturated rings. The van der Waals surface area contributed by atoms with Crippen LogP contribution >= 0.6 is 0 Å². The highest BCUT2D eigenvalue weighted by Crippen LogP contribution is 2.22. The lowest BCUT2D eigenvalue weighted by Gasteiger charge is -2.19. The topological polar surface area (TPSA) is 56.8 Å². The number of esters is 1. The van der Waals surface area contributed by atoms with Gasteiger partial charge in [-0.2, -0.15) is 0 Å². The molecule has 0 saturated heterocycles. The maximum Gasteiger partial charge on any atom is 0.328 e. The summed E-state index contributed by atoms with van der Waals surface area (Å²) in [6, 6.07) is 5.73. The van der Waals surface area contributed by atoms with Crippen LogP contribution in [0, 0.1) is 6.92 Å². The molecule has 0 radical (unpaired) electrons. The number of hydrogen-bond donors (Lipinski definition) is 1. The van der Waals surface area contributed by atoms with Gasteiger partial charge in [-0.1, -0.05) is 25.1 Å². The third-order valence-electron chi connectivity index (χ3n) is 3.36. The van der Waals surface area contributed by atoms with E-state index in [1.165, 1.54) is 5.56 Å². The number of ether oxygens (including phenoxy) is 3. The van der Waals surface area contributed by atoms with Crippen LogP contribution in [0.3, 0.4) is 0 Å². The summed E-state index contributed by atoms with van der Waals surface area (Å²) in [6.07, 6.45) is 0.916. The van der Waals surface area contributed by atoms with Gasteiger partial charge in [-0.05, 0) is 31.4 Å². The van der Waals surface area contributed by atoms with E-state index >= 15 is 0 Å². The first kappa shape index (κ1) is 18.5. The standard InChI is InChI=1S/C17H27NO4/c1-5-15-8-6-7-13(2)16(15)18-14(3)17(19)22-12-11-21-10-9-20-4/h6-8,14,18H,5,9-12H2,1-4H3/t14-/m0/s1. The highest BCUT2D eigenvalue weighted by Gasteiger charge is 2.16. The Morgan fingerprint density at radius 1 is 1.23 bits per heavy atom. The van der Waals surface area contributed by atoms with Crippen LogP contribution in [0.25, 0.3) is 0 Å². The monoisotopic (exact) mass is 309 g/mol. The van der Waals surface area contributed by atoms with Crippen molar-refractivity contribution in [2.45, 2.75) is 33.2 Å². The van der Waals surface area contributed by atoms with Crippen LogP contribution in [0.4, 0.5) is 5.69 Å². The molecular weight excluding hydrogens is 282 g/mol. The second-order valence-electron chi connectivity index (χ2n) is 5.10. The van der Waals surface area contributed by atoms with Gasteiger partial charge < -0.3 is 19.5 Å². The van der Waals surface area contributed by atoms with E-state index in [2.05, 4.69) is 18.3 Å². The highest BCUT2D eigenvalue weighted by molar-refractivity contribution is 5.79. The predicted octanol–water partition coefficient (Wildman–Crippen LogP) is 2.56. The van der Waals surface area contributed by atoms with E-state index in [1.807, 2.05) is 19.1 Å². The van der Waals surface area contributed by atoms with Crippen LogP contribution < -0.4 is 5.32 Å². The minimum atomic E-state index is -0.398. The smallest absolute Gasteiger partial charge is 0.328 e. The molecular formula is C17H27NO4. The van der Waals surface area contributed by atoms with Crippen molar-refractivity contribution in [1.82, 2.24) is 0 Å². The molecule has 1 aromatic rings. The molecule has 1 atom stereocenters. The molecule has 0 spiro atoms. The number of rotatable bonds is 10. The van der Waals surface area contributed by atoms with E-state index in [0.29, 0.717) is 19.8 Å². The molecule has 0 saturated carbocycles. The van der Waals surface area contributed by atoms with Gasteiger partial charge in [0.05, 0.1) is 19.8 Å². The zero-order valence-electron chi connectivity index (χ0n) is 14.0.